The normalized spacial score (nSPS) is 11.3. The molecule has 0 fully saturated rings. The Bertz CT molecular complexity index is 1040. The number of carbonyl (C=O) groups excluding carboxylic acids is 1. The molecule has 9 nitrogen and oxygen atoms in total. The first kappa shape index (κ1) is 19.6. The molecule has 0 bridgehead atoms. The number of esters is 1. The molecule has 0 atom stereocenters. The van der Waals surface area contributed by atoms with Crippen molar-refractivity contribution < 1.29 is 17.9 Å². The summed E-state index contributed by atoms with van der Waals surface area (Å²) in [5.41, 5.74) is 0.0265. The Labute approximate surface area is 149 Å². The zero-order chi connectivity index (χ0) is 19.5. The lowest BCUT2D eigenvalue weighted by Gasteiger charge is -2.11. The number of sulfonamides is 1. The van der Waals surface area contributed by atoms with E-state index in [4.69, 9.17) is 4.74 Å². The highest BCUT2D eigenvalue weighted by Crippen LogP contribution is 2.09. The van der Waals surface area contributed by atoms with Gasteiger partial charge in [-0.3, -0.25) is 18.7 Å². The molecule has 0 spiro atoms. The van der Waals surface area contributed by atoms with Crippen molar-refractivity contribution in [1.29, 1.82) is 0 Å². The number of rotatable bonds is 6. The lowest BCUT2D eigenvalue weighted by molar-refractivity contribution is -0.143. The smallest absolute Gasteiger partial charge is 0.330 e. The van der Waals surface area contributed by atoms with Gasteiger partial charge in [0.1, 0.15) is 13.2 Å². The van der Waals surface area contributed by atoms with Crippen LogP contribution in [0.25, 0.3) is 0 Å². The van der Waals surface area contributed by atoms with Crippen molar-refractivity contribution in [2.45, 2.75) is 18.4 Å². The molecule has 2 rings (SSSR count). The second-order valence-corrected chi connectivity index (χ2v) is 7.44. The van der Waals surface area contributed by atoms with E-state index in [0.717, 1.165) is 10.1 Å². The van der Waals surface area contributed by atoms with Crippen molar-refractivity contribution in [1.82, 2.24) is 13.9 Å². The Morgan fingerprint density at radius 2 is 1.73 bits per heavy atom. The molecular weight excluding hydrogens is 362 g/mol. The van der Waals surface area contributed by atoms with Crippen LogP contribution in [0, 0.1) is 6.92 Å². The van der Waals surface area contributed by atoms with Gasteiger partial charge in [-0.1, -0.05) is 17.7 Å². The van der Waals surface area contributed by atoms with Gasteiger partial charge in [0.05, 0.1) is 10.6 Å². The summed E-state index contributed by atoms with van der Waals surface area (Å²) in [4.78, 5) is 35.2. The van der Waals surface area contributed by atoms with E-state index in [1.165, 1.54) is 36.9 Å². The van der Waals surface area contributed by atoms with Crippen LogP contribution >= 0.6 is 0 Å². The average Bonchev–Trinajstić information content (AvgIpc) is 2.60. The van der Waals surface area contributed by atoms with E-state index in [0.29, 0.717) is 0 Å². The highest BCUT2D eigenvalue weighted by Gasteiger charge is 2.16. The van der Waals surface area contributed by atoms with Crippen LogP contribution in [0.5, 0.6) is 0 Å². The lowest BCUT2D eigenvalue weighted by atomic mass is 10.2. The molecule has 0 saturated carbocycles. The third kappa shape index (κ3) is 4.46. The van der Waals surface area contributed by atoms with Gasteiger partial charge in [0.25, 0.3) is 5.56 Å². The quantitative estimate of drug-likeness (QED) is 0.669. The number of nitrogens with one attached hydrogen (secondary N) is 1. The first-order valence-electron chi connectivity index (χ1n) is 7.59. The van der Waals surface area contributed by atoms with Crippen LogP contribution in [-0.4, -0.2) is 30.1 Å². The predicted molar refractivity (Wildman–Crippen MR) is 93.1 cm³/mol. The average molecular weight is 381 g/mol. The Kier molecular flexibility index (Phi) is 5.78. The fourth-order valence-corrected chi connectivity index (χ4v) is 3.05. The maximum absolute atomic E-state index is 12.1. The largest absolute Gasteiger partial charge is 0.458 e. The van der Waals surface area contributed by atoms with E-state index in [1.54, 1.807) is 12.1 Å². The van der Waals surface area contributed by atoms with Crippen molar-refractivity contribution in [3.63, 3.8) is 0 Å². The first-order valence-corrected chi connectivity index (χ1v) is 9.08. The van der Waals surface area contributed by atoms with Gasteiger partial charge in [0, 0.05) is 20.2 Å². The van der Waals surface area contributed by atoms with Crippen LogP contribution in [-0.2, 0) is 40.3 Å². The monoisotopic (exact) mass is 381 g/mol. The molecule has 0 saturated heterocycles. The fourth-order valence-electron chi connectivity index (χ4n) is 2.08. The molecule has 1 heterocycles. The van der Waals surface area contributed by atoms with Crippen LogP contribution in [0.3, 0.4) is 0 Å². The van der Waals surface area contributed by atoms with Gasteiger partial charge in [-0.2, -0.15) is 4.72 Å². The summed E-state index contributed by atoms with van der Waals surface area (Å²) in [5.74, 6) is -0.839. The molecule has 0 aliphatic rings. The minimum absolute atomic E-state index is 0.0323. The van der Waals surface area contributed by atoms with E-state index in [9.17, 15) is 22.8 Å². The Hall–Kier alpha value is -2.72. The molecule has 0 unspecified atom stereocenters. The van der Waals surface area contributed by atoms with Gasteiger partial charge < -0.3 is 4.74 Å². The van der Waals surface area contributed by atoms with Gasteiger partial charge in [-0.25, -0.2) is 13.2 Å². The molecule has 140 valence electrons. The standard InChI is InChI=1S/C16H19N3O6S/c1-11-4-6-13(7-5-11)26(23,24)17-9-15(21)25-10-12-8-14(20)19(3)16(22)18(12)2/h4-8,17H,9-10H2,1-3H3. The Morgan fingerprint density at radius 3 is 2.35 bits per heavy atom. The van der Waals surface area contributed by atoms with E-state index in [2.05, 4.69) is 4.72 Å². The van der Waals surface area contributed by atoms with Crippen molar-refractivity contribution in [3.8, 4) is 0 Å². The number of aromatic nitrogens is 2. The topological polar surface area (TPSA) is 116 Å². The highest BCUT2D eigenvalue weighted by molar-refractivity contribution is 7.89. The third-order valence-electron chi connectivity index (χ3n) is 3.74. The van der Waals surface area contributed by atoms with Gasteiger partial charge in [0.15, 0.2) is 0 Å². The molecule has 0 amide bonds. The van der Waals surface area contributed by atoms with Gasteiger partial charge >= 0.3 is 11.7 Å². The molecule has 0 aliphatic heterocycles. The number of hydrogen-bond acceptors (Lipinski definition) is 6. The summed E-state index contributed by atoms with van der Waals surface area (Å²) in [6.45, 7) is 0.924. The van der Waals surface area contributed by atoms with Crippen LogP contribution in [0.15, 0.2) is 44.8 Å². The summed E-state index contributed by atoms with van der Waals surface area (Å²) >= 11 is 0. The molecular formula is C16H19N3O6S. The predicted octanol–water partition coefficient (Wildman–Crippen LogP) is -0.586. The highest BCUT2D eigenvalue weighted by atomic mass is 32.2. The van der Waals surface area contributed by atoms with Crippen molar-refractivity contribution in [3.05, 3.63) is 62.4 Å². The van der Waals surface area contributed by atoms with Crippen LogP contribution in [0.2, 0.25) is 0 Å². The van der Waals surface area contributed by atoms with E-state index >= 15 is 0 Å². The van der Waals surface area contributed by atoms with E-state index < -0.39 is 33.8 Å². The minimum Gasteiger partial charge on any atom is -0.458 e. The number of aryl methyl sites for hydroxylation is 1. The molecule has 1 aromatic heterocycles. The van der Waals surface area contributed by atoms with E-state index in [-0.39, 0.29) is 17.2 Å². The second-order valence-electron chi connectivity index (χ2n) is 5.67. The summed E-state index contributed by atoms with van der Waals surface area (Å²) in [5, 5.41) is 0. The first-order chi connectivity index (χ1) is 12.1. The number of nitrogens with zero attached hydrogens (tertiary/aromatic N) is 2. The maximum Gasteiger partial charge on any atom is 0.330 e. The SMILES string of the molecule is Cc1ccc(S(=O)(=O)NCC(=O)OCc2cc(=O)n(C)c(=O)n2C)cc1. The molecule has 0 aliphatic carbocycles. The number of carbonyl (C=O) groups is 1. The second kappa shape index (κ2) is 7.67. The molecule has 1 aromatic carbocycles. The fraction of sp³-hybridized carbons (Fsp3) is 0.312. The molecule has 10 heteroatoms. The summed E-state index contributed by atoms with van der Waals surface area (Å²) < 4.78 is 33.4. The van der Waals surface area contributed by atoms with Crippen LogP contribution in [0.4, 0.5) is 0 Å². The Morgan fingerprint density at radius 1 is 1.12 bits per heavy atom. The summed E-state index contributed by atoms with van der Waals surface area (Å²) in [6, 6.07) is 7.31. The molecule has 1 N–H and O–H groups in total. The summed E-state index contributed by atoms with van der Waals surface area (Å²) in [7, 11) is -1.07. The molecule has 0 radical (unpaired) electrons. The van der Waals surface area contributed by atoms with Gasteiger partial charge in [0.2, 0.25) is 10.0 Å². The minimum atomic E-state index is -3.84. The Balaban J connectivity index is 1.99. The van der Waals surface area contributed by atoms with Gasteiger partial charge in [-0.05, 0) is 19.1 Å². The van der Waals surface area contributed by atoms with E-state index in [1.807, 2.05) is 6.92 Å². The van der Waals surface area contributed by atoms with Crippen LogP contribution < -0.4 is 16.0 Å². The zero-order valence-corrected chi connectivity index (χ0v) is 15.4. The van der Waals surface area contributed by atoms with Gasteiger partial charge in [-0.15, -0.1) is 0 Å². The molecule has 26 heavy (non-hydrogen) atoms. The van der Waals surface area contributed by atoms with Crippen molar-refractivity contribution in [2.75, 3.05) is 6.54 Å². The zero-order valence-electron chi connectivity index (χ0n) is 14.6. The maximum atomic E-state index is 12.1. The van der Waals surface area contributed by atoms with Crippen molar-refractivity contribution >= 4 is 16.0 Å². The number of benzene rings is 1. The third-order valence-corrected chi connectivity index (χ3v) is 5.16. The number of hydrogen-bond donors (Lipinski definition) is 1. The molecule has 2 aromatic rings. The van der Waals surface area contributed by atoms with Crippen molar-refractivity contribution in [2.24, 2.45) is 14.1 Å². The number of ether oxygens (including phenoxy) is 1. The van der Waals surface area contributed by atoms with Crippen LogP contribution in [0.1, 0.15) is 11.3 Å². The summed E-state index contributed by atoms with van der Waals surface area (Å²) in [6.07, 6.45) is 0. The lowest BCUT2D eigenvalue weighted by Crippen LogP contribution is -2.38.